The number of nitrogens with zero attached hydrogens (tertiary/aromatic N) is 1. The predicted octanol–water partition coefficient (Wildman–Crippen LogP) is 3.92. The van der Waals surface area contributed by atoms with Crippen LogP contribution in [0, 0.1) is 5.92 Å². The van der Waals surface area contributed by atoms with Crippen LogP contribution in [0.15, 0.2) is 36.5 Å². The Morgan fingerprint density at radius 1 is 1.29 bits per heavy atom. The third kappa shape index (κ3) is 3.43. The molecule has 1 aliphatic carbocycles. The molecule has 2 atom stereocenters. The van der Waals surface area contributed by atoms with E-state index in [-0.39, 0.29) is 5.91 Å². The second-order valence-corrected chi connectivity index (χ2v) is 6.86. The molecule has 21 heavy (non-hydrogen) atoms. The highest BCUT2D eigenvalue weighted by atomic mass is 79.9. The van der Waals surface area contributed by atoms with E-state index in [1.807, 2.05) is 30.3 Å². The summed E-state index contributed by atoms with van der Waals surface area (Å²) in [4.78, 5) is 17.1. The van der Waals surface area contributed by atoms with E-state index in [1.54, 1.807) is 6.20 Å². The van der Waals surface area contributed by atoms with Crippen LogP contribution >= 0.6 is 15.9 Å². The maximum absolute atomic E-state index is 12.3. The number of hydrogen-bond donors (Lipinski definition) is 1. The number of pyridine rings is 1. The van der Waals surface area contributed by atoms with E-state index in [2.05, 4.69) is 26.2 Å². The monoisotopic (exact) mass is 346 g/mol. The van der Waals surface area contributed by atoms with Gasteiger partial charge >= 0.3 is 0 Å². The molecule has 1 fully saturated rings. The Hall–Kier alpha value is -1.42. The summed E-state index contributed by atoms with van der Waals surface area (Å²) < 4.78 is 0. The van der Waals surface area contributed by atoms with Crippen molar-refractivity contribution in [2.45, 2.75) is 30.5 Å². The van der Waals surface area contributed by atoms with Gasteiger partial charge in [-0.2, -0.15) is 0 Å². The van der Waals surface area contributed by atoms with Crippen molar-refractivity contribution in [3.63, 3.8) is 0 Å². The van der Waals surface area contributed by atoms with Crippen LogP contribution in [0.4, 0.5) is 0 Å². The molecule has 1 heterocycles. The SMILES string of the molecule is O=C(NCC1CCCCC1Br)c1ccc2ncccc2c1. The summed E-state index contributed by atoms with van der Waals surface area (Å²) in [6.45, 7) is 0.750. The molecule has 0 spiro atoms. The van der Waals surface area contributed by atoms with E-state index >= 15 is 0 Å². The van der Waals surface area contributed by atoms with Gasteiger partial charge in [0, 0.05) is 28.5 Å². The number of nitrogens with one attached hydrogen (secondary N) is 1. The number of alkyl halides is 1. The maximum Gasteiger partial charge on any atom is 0.251 e. The van der Waals surface area contributed by atoms with Gasteiger partial charge in [-0.3, -0.25) is 9.78 Å². The number of carbonyl (C=O) groups excluding carboxylic acids is 1. The van der Waals surface area contributed by atoms with Crippen LogP contribution in [-0.4, -0.2) is 22.3 Å². The molecule has 0 aliphatic heterocycles. The van der Waals surface area contributed by atoms with Gasteiger partial charge in [0.2, 0.25) is 0 Å². The number of hydrogen-bond acceptors (Lipinski definition) is 2. The van der Waals surface area contributed by atoms with Gasteiger partial charge < -0.3 is 5.32 Å². The average molecular weight is 347 g/mol. The normalized spacial score (nSPS) is 22.1. The molecular weight excluding hydrogens is 328 g/mol. The van der Waals surface area contributed by atoms with Gasteiger partial charge in [0.1, 0.15) is 0 Å². The first-order valence-electron chi connectivity index (χ1n) is 7.51. The number of carbonyl (C=O) groups is 1. The number of halogens is 1. The van der Waals surface area contributed by atoms with Crippen molar-refractivity contribution in [3.05, 3.63) is 42.1 Å². The lowest BCUT2D eigenvalue weighted by Gasteiger charge is -2.27. The fraction of sp³-hybridized carbons (Fsp3) is 0.412. The number of benzene rings is 1. The third-order valence-electron chi connectivity index (χ3n) is 4.21. The smallest absolute Gasteiger partial charge is 0.251 e. The standard InChI is InChI=1S/C17H19BrN2O/c18-15-6-2-1-4-14(15)11-20-17(21)13-7-8-16-12(10-13)5-3-9-19-16/h3,5,7-10,14-15H,1-2,4,6,11H2,(H,20,21). The van der Waals surface area contributed by atoms with Crippen LogP contribution in [0.5, 0.6) is 0 Å². The summed E-state index contributed by atoms with van der Waals surface area (Å²) in [5.41, 5.74) is 1.62. The molecule has 0 saturated heterocycles. The number of aromatic nitrogens is 1. The third-order valence-corrected chi connectivity index (χ3v) is 5.41. The summed E-state index contributed by atoms with van der Waals surface area (Å²) in [6.07, 6.45) is 6.73. The predicted molar refractivity (Wildman–Crippen MR) is 88.7 cm³/mol. The molecule has 1 saturated carbocycles. The zero-order valence-electron chi connectivity index (χ0n) is 11.9. The van der Waals surface area contributed by atoms with E-state index in [1.165, 1.54) is 25.7 Å². The largest absolute Gasteiger partial charge is 0.352 e. The molecule has 3 nitrogen and oxygen atoms in total. The quantitative estimate of drug-likeness (QED) is 0.855. The van der Waals surface area contributed by atoms with Gasteiger partial charge in [-0.25, -0.2) is 0 Å². The topological polar surface area (TPSA) is 42.0 Å². The summed E-state index contributed by atoms with van der Waals surface area (Å²) in [5.74, 6) is 0.552. The van der Waals surface area contributed by atoms with E-state index in [0.29, 0.717) is 16.3 Å². The van der Waals surface area contributed by atoms with Gasteiger partial charge in [-0.1, -0.05) is 34.8 Å². The van der Waals surface area contributed by atoms with Gasteiger partial charge in [-0.05, 0) is 43.0 Å². The first-order valence-corrected chi connectivity index (χ1v) is 8.42. The lowest BCUT2D eigenvalue weighted by molar-refractivity contribution is 0.0944. The lowest BCUT2D eigenvalue weighted by atomic mass is 9.89. The minimum Gasteiger partial charge on any atom is -0.352 e. The van der Waals surface area contributed by atoms with Crippen LogP contribution in [0.25, 0.3) is 10.9 Å². The van der Waals surface area contributed by atoms with E-state index in [0.717, 1.165) is 17.4 Å². The van der Waals surface area contributed by atoms with Crippen molar-refractivity contribution in [2.24, 2.45) is 5.92 Å². The number of fused-ring (bicyclic) bond motifs is 1. The van der Waals surface area contributed by atoms with Gasteiger partial charge in [0.15, 0.2) is 0 Å². The van der Waals surface area contributed by atoms with E-state index < -0.39 is 0 Å². The van der Waals surface area contributed by atoms with Crippen molar-refractivity contribution >= 4 is 32.7 Å². The average Bonchev–Trinajstić information content (AvgIpc) is 2.53. The van der Waals surface area contributed by atoms with Gasteiger partial charge in [0.25, 0.3) is 5.91 Å². The molecule has 0 radical (unpaired) electrons. The van der Waals surface area contributed by atoms with Crippen molar-refractivity contribution in [1.82, 2.24) is 10.3 Å². The highest BCUT2D eigenvalue weighted by Gasteiger charge is 2.23. The first kappa shape index (κ1) is 14.5. The van der Waals surface area contributed by atoms with Crippen molar-refractivity contribution in [3.8, 4) is 0 Å². The Balaban J connectivity index is 1.66. The van der Waals surface area contributed by atoms with Crippen molar-refractivity contribution < 1.29 is 4.79 Å². The Morgan fingerprint density at radius 3 is 3.00 bits per heavy atom. The highest BCUT2D eigenvalue weighted by molar-refractivity contribution is 9.09. The molecule has 0 bridgehead atoms. The number of amides is 1. The fourth-order valence-electron chi connectivity index (χ4n) is 2.94. The Bertz CT molecular complexity index is 643. The molecule has 2 aromatic rings. The highest BCUT2D eigenvalue weighted by Crippen LogP contribution is 2.29. The van der Waals surface area contributed by atoms with Crippen molar-refractivity contribution in [2.75, 3.05) is 6.54 Å². The molecule has 4 heteroatoms. The summed E-state index contributed by atoms with van der Waals surface area (Å²) in [5, 5.41) is 4.08. The zero-order chi connectivity index (χ0) is 14.7. The summed E-state index contributed by atoms with van der Waals surface area (Å²) in [7, 11) is 0. The first-order chi connectivity index (χ1) is 10.2. The Labute approximate surface area is 133 Å². The maximum atomic E-state index is 12.3. The van der Waals surface area contributed by atoms with Crippen LogP contribution < -0.4 is 5.32 Å². The fourth-order valence-corrected chi connectivity index (χ4v) is 3.71. The van der Waals surface area contributed by atoms with Crippen LogP contribution in [0.3, 0.4) is 0 Å². The molecule has 110 valence electrons. The minimum absolute atomic E-state index is 0.00558. The van der Waals surface area contributed by atoms with Gasteiger partial charge in [0.05, 0.1) is 5.52 Å². The van der Waals surface area contributed by atoms with Crippen LogP contribution in [0.1, 0.15) is 36.0 Å². The molecule has 3 rings (SSSR count). The van der Waals surface area contributed by atoms with E-state index in [4.69, 9.17) is 0 Å². The Morgan fingerprint density at radius 2 is 2.14 bits per heavy atom. The number of rotatable bonds is 3. The molecule has 1 N–H and O–H groups in total. The second-order valence-electron chi connectivity index (χ2n) is 5.68. The summed E-state index contributed by atoms with van der Waals surface area (Å²) in [6, 6.07) is 9.52. The van der Waals surface area contributed by atoms with Crippen molar-refractivity contribution in [1.29, 1.82) is 0 Å². The molecule has 1 amide bonds. The molecule has 1 aromatic heterocycles. The summed E-state index contributed by atoms with van der Waals surface area (Å²) >= 11 is 3.73. The van der Waals surface area contributed by atoms with Crippen LogP contribution in [-0.2, 0) is 0 Å². The molecule has 1 aromatic carbocycles. The molecule has 1 aliphatic rings. The molecule has 2 unspecified atom stereocenters. The molecular formula is C17H19BrN2O. The Kier molecular flexibility index (Phi) is 4.54. The van der Waals surface area contributed by atoms with E-state index in [9.17, 15) is 4.79 Å². The lowest BCUT2D eigenvalue weighted by Crippen LogP contribution is -2.34. The van der Waals surface area contributed by atoms with Gasteiger partial charge in [-0.15, -0.1) is 0 Å². The minimum atomic E-state index is 0.00558. The second kappa shape index (κ2) is 6.56. The van der Waals surface area contributed by atoms with Crippen LogP contribution in [0.2, 0.25) is 0 Å². The zero-order valence-corrected chi connectivity index (χ0v) is 13.5.